The predicted octanol–water partition coefficient (Wildman–Crippen LogP) is 0.774. The molecule has 62 valence electrons. The van der Waals surface area contributed by atoms with E-state index in [0.29, 0.717) is 6.61 Å². The van der Waals surface area contributed by atoms with E-state index in [1.165, 1.54) is 0 Å². The van der Waals surface area contributed by atoms with E-state index in [9.17, 15) is 4.79 Å². The summed E-state index contributed by atoms with van der Waals surface area (Å²) in [4.78, 5) is 11.2. The maximum absolute atomic E-state index is 10.9. The largest absolute Gasteiger partial charge is 0.462 e. The summed E-state index contributed by atoms with van der Waals surface area (Å²) < 4.78 is 4.66. The van der Waals surface area contributed by atoms with Crippen LogP contribution in [0.5, 0.6) is 0 Å². The first-order valence-electron chi connectivity index (χ1n) is 3.15. The molecular weight excluding hydrogens is 162 g/mol. The highest BCUT2D eigenvalue weighted by Gasteiger charge is 2.10. The molecule has 11 heavy (non-hydrogen) atoms. The molecule has 0 radical (unpaired) electrons. The predicted molar refractivity (Wildman–Crippen MR) is 46.7 cm³/mol. The smallest absolute Gasteiger partial charge is 0.354 e. The van der Waals surface area contributed by atoms with E-state index in [-0.39, 0.29) is 15.3 Å². The van der Waals surface area contributed by atoms with Gasteiger partial charge >= 0.3 is 5.97 Å². The summed E-state index contributed by atoms with van der Waals surface area (Å²) >= 11 is 0. The van der Waals surface area contributed by atoms with E-state index < -0.39 is 5.97 Å². The van der Waals surface area contributed by atoms with Crippen LogP contribution in [0.1, 0.15) is 6.92 Å². The van der Waals surface area contributed by atoms with Crippen LogP contribution in [0, 0.1) is 11.3 Å². The van der Waals surface area contributed by atoms with Gasteiger partial charge in [-0.15, -0.1) is 0 Å². The summed E-state index contributed by atoms with van der Waals surface area (Å²) in [5, 5.41) is 8.51. The fraction of sp³-hybridized carbons (Fsp3) is 0.571. The minimum atomic E-state index is -0.483. The van der Waals surface area contributed by atoms with Gasteiger partial charge in [0.2, 0.25) is 0 Å². The number of esters is 1. The van der Waals surface area contributed by atoms with Gasteiger partial charge in [0.15, 0.2) is 4.86 Å². The second-order valence-corrected chi connectivity index (χ2v) is 4.02. The van der Waals surface area contributed by atoms with Crippen molar-refractivity contribution in [1.29, 1.82) is 5.26 Å². The van der Waals surface area contributed by atoms with Crippen LogP contribution in [-0.4, -0.2) is 30.0 Å². The number of hydrogen-bond donors (Lipinski definition) is 0. The number of carbonyl (C=O) groups is 1. The third kappa shape index (κ3) is 3.19. The molecule has 0 spiro atoms. The molecule has 0 saturated heterocycles. The lowest BCUT2D eigenvalue weighted by Crippen LogP contribution is -2.15. The first-order chi connectivity index (χ1) is 5.13. The molecule has 0 rings (SSSR count). The van der Waals surface area contributed by atoms with E-state index >= 15 is 0 Å². The van der Waals surface area contributed by atoms with Gasteiger partial charge in [0.25, 0.3) is 0 Å². The molecule has 0 unspecified atom stereocenters. The molecule has 0 bridgehead atoms. The third-order valence-electron chi connectivity index (χ3n) is 0.971. The highest BCUT2D eigenvalue weighted by molar-refractivity contribution is 8.16. The summed E-state index contributed by atoms with van der Waals surface area (Å²) in [5.74, 6) is -0.483. The fourth-order valence-corrected chi connectivity index (χ4v) is 1.08. The molecule has 0 aliphatic heterocycles. The topological polar surface area (TPSA) is 50.1 Å². The zero-order valence-electron chi connectivity index (χ0n) is 6.88. The van der Waals surface area contributed by atoms with Crippen molar-refractivity contribution in [2.45, 2.75) is 6.92 Å². The van der Waals surface area contributed by atoms with E-state index in [1.807, 2.05) is 18.6 Å². The number of hydrogen-bond acceptors (Lipinski definition) is 3. The van der Waals surface area contributed by atoms with Gasteiger partial charge < -0.3 is 4.74 Å². The van der Waals surface area contributed by atoms with Gasteiger partial charge in [-0.05, 0) is 19.4 Å². The van der Waals surface area contributed by atoms with Crippen LogP contribution in [0.25, 0.3) is 0 Å². The lowest BCUT2D eigenvalue weighted by atomic mass is 10.5. The van der Waals surface area contributed by atoms with Crippen molar-refractivity contribution in [3.63, 3.8) is 0 Å². The van der Waals surface area contributed by atoms with Crippen molar-refractivity contribution in [2.75, 3.05) is 19.1 Å². The average Bonchev–Trinajstić information content (AvgIpc) is 1.88. The van der Waals surface area contributed by atoms with E-state index in [2.05, 4.69) is 4.74 Å². The third-order valence-corrected chi connectivity index (χ3v) is 2.05. The van der Waals surface area contributed by atoms with Crippen molar-refractivity contribution >= 4 is 21.3 Å². The molecule has 0 aliphatic carbocycles. The van der Waals surface area contributed by atoms with E-state index in [4.69, 9.17) is 5.26 Å². The molecule has 4 heteroatoms. The highest BCUT2D eigenvalue weighted by Crippen LogP contribution is 2.03. The maximum atomic E-state index is 10.9. The molecule has 0 aromatic heterocycles. The first-order valence-corrected chi connectivity index (χ1v) is 5.19. The summed E-state index contributed by atoms with van der Waals surface area (Å²) in [6.07, 6.45) is 3.63. The number of ether oxygens (including phenoxy) is 1. The number of carbonyl (C=O) groups excluding carboxylic acids is 1. The molecular formula is C7H11NO2S. The maximum Gasteiger partial charge on any atom is 0.354 e. The van der Waals surface area contributed by atoms with Gasteiger partial charge in [0.05, 0.1) is 6.61 Å². The second-order valence-electron chi connectivity index (χ2n) is 1.98. The van der Waals surface area contributed by atoms with Crippen molar-refractivity contribution in [2.24, 2.45) is 0 Å². The van der Waals surface area contributed by atoms with Crippen molar-refractivity contribution in [1.82, 2.24) is 0 Å². The SMILES string of the molecule is CCOC(=O)C(C#N)=S(C)C. The molecule has 0 N–H and O–H groups in total. The lowest BCUT2D eigenvalue weighted by Gasteiger charge is -2.00. The van der Waals surface area contributed by atoms with Crippen LogP contribution in [0.15, 0.2) is 0 Å². The Hall–Kier alpha value is -0.820. The van der Waals surface area contributed by atoms with Crippen LogP contribution in [0.3, 0.4) is 0 Å². The molecule has 0 amide bonds. The van der Waals surface area contributed by atoms with Crippen LogP contribution < -0.4 is 0 Å². The lowest BCUT2D eigenvalue weighted by molar-refractivity contribution is -0.134. The normalized spacial score (nSPS) is 9.00. The average molecular weight is 173 g/mol. The Balaban J connectivity index is 4.45. The zero-order chi connectivity index (χ0) is 8.85. The standard InChI is InChI=1S/C7H11NO2S/c1-4-10-7(9)6(5-8)11(2)3/h4H2,1-3H3. The molecule has 0 aromatic carbocycles. The first kappa shape index (κ1) is 10.2. The molecule has 0 saturated carbocycles. The minimum Gasteiger partial charge on any atom is -0.462 e. The van der Waals surface area contributed by atoms with Gasteiger partial charge in [-0.3, -0.25) is 0 Å². The fourth-order valence-electron chi connectivity index (χ4n) is 0.500. The number of nitrogens with zero attached hydrogens (tertiary/aromatic N) is 1. The van der Waals surface area contributed by atoms with Gasteiger partial charge in [0.1, 0.15) is 6.07 Å². The number of nitriles is 1. The Morgan fingerprint density at radius 3 is 2.45 bits per heavy atom. The van der Waals surface area contributed by atoms with Crippen molar-refractivity contribution in [3.8, 4) is 6.07 Å². The minimum absolute atomic E-state index is 0.215. The van der Waals surface area contributed by atoms with Crippen LogP contribution >= 0.6 is 10.5 Å². The second kappa shape index (κ2) is 4.91. The van der Waals surface area contributed by atoms with Gasteiger partial charge in [-0.25, -0.2) is 4.79 Å². The molecule has 0 heterocycles. The highest BCUT2D eigenvalue weighted by atomic mass is 32.2. The Morgan fingerprint density at radius 2 is 2.18 bits per heavy atom. The summed E-state index contributed by atoms with van der Waals surface area (Å²) in [6, 6.07) is 1.84. The Bertz CT molecular complexity index is 223. The van der Waals surface area contributed by atoms with Crippen LogP contribution in [0.2, 0.25) is 0 Å². The van der Waals surface area contributed by atoms with Crippen LogP contribution in [-0.2, 0) is 9.53 Å². The summed E-state index contributed by atoms with van der Waals surface area (Å²) in [6.45, 7) is 2.04. The molecule has 0 aromatic rings. The Labute approximate surface area is 68.9 Å². The van der Waals surface area contributed by atoms with E-state index in [1.54, 1.807) is 6.92 Å². The number of rotatable bonds is 2. The summed E-state index contributed by atoms with van der Waals surface area (Å²) in [7, 11) is -0.304. The van der Waals surface area contributed by atoms with Crippen molar-refractivity contribution < 1.29 is 9.53 Å². The molecule has 0 fully saturated rings. The summed E-state index contributed by atoms with van der Waals surface area (Å²) in [5.41, 5.74) is 0. The molecule has 3 nitrogen and oxygen atoms in total. The molecule has 0 atom stereocenters. The monoisotopic (exact) mass is 173 g/mol. The van der Waals surface area contributed by atoms with Gasteiger partial charge in [0, 0.05) is 0 Å². The van der Waals surface area contributed by atoms with E-state index in [0.717, 1.165) is 0 Å². The van der Waals surface area contributed by atoms with Gasteiger partial charge in [-0.1, -0.05) is 0 Å². The van der Waals surface area contributed by atoms with Crippen molar-refractivity contribution in [3.05, 3.63) is 0 Å². The Morgan fingerprint density at radius 1 is 1.64 bits per heavy atom. The zero-order valence-corrected chi connectivity index (χ0v) is 7.70. The van der Waals surface area contributed by atoms with Gasteiger partial charge in [-0.2, -0.15) is 15.7 Å². The molecule has 0 aliphatic rings. The van der Waals surface area contributed by atoms with Crippen LogP contribution in [0.4, 0.5) is 0 Å². The quantitative estimate of drug-likeness (QED) is 0.458. The Kier molecular flexibility index (Phi) is 4.55.